The Hall–Kier alpha value is -4.09. The van der Waals surface area contributed by atoms with Crippen molar-refractivity contribution in [2.45, 2.75) is 57.8 Å². The molecule has 43 heavy (non-hydrogen) atoms. The number of rotatable bonds is 6. The minimum atomic E-state index is -0.766. The number of ether oxygens (including phenoxy) is 2. The van der Waals surface area contributed by atoms with E-state index in [0.29, 0.717) is 54.1 Å². The highest BCUT2D eigenvalue weighted by atomic mass is 19.1. The standard InChI is InChI=1S/C32H37FN6O4/c1-32(2,3)43-31(41)39-16-23-22(26-15-34-28-14-20(33)10-12-38(26)28)6-8-24(29(23)30(39)40)35-27-9-7-21(19-11-13-42-18-19)25(36-27)17-37(4)5/h6-10,12,14,19,26H,11,13,15-18H2,1-5H3,(H,35,36)/t19-,26?/m1/s1. The van der Waals surface area contributed by atoms with Crippen molar-refractivity contribution in [1.29, 1.82) is 0 Å². The number of amides is 2. The summed E-state index contributed by atoms with van der Waals surface area (Å²) in [6.45, 7) is 7.83. The van der Waals surface area contributed by atoms with Gasteiger partial charge in [-0.05, 0) is 76.2 Å². The van der Waals surface area contributed by atoms with E-state index in [1.807, 2.05) is 37.2 Å². The van der Waals surface area contributed by atoms with Gasteiger partial charge in [0.05, 0.1) is 42.7 Å². The third-order valence-corrected chi connectivity index (χ3v) is 7.89. The summed E-state index contributed by atoms with van der Waals surface area (Å²) in [5, 5.41) is 3.38. The SMILES string of the molecule is CN(C)Cc1nc(Nc2ccc(C3CN=C4C=C(F)C=CN43)c3c2C(=O)N(C(=O)OC(C)(C)C)C3)ccc1[C@@H]1CCOC1. The third kappa shape index (κ3) is 5.79. The molecule has 226 valence electrons. The zero-order valence-corrected chi connectivity index (χ0v) is 25.2. The molecule has 1 fully saturated rings. The van der Waals surface area contributed by atoms with Crippen molar-refractivity contribution in [1.82, 2.24) is 19.7 Å². The number of benzene rings is 1. The molecule has 10 nitrogen and oxygen atoms in total. The third-order valence-electron chi connectivity index (χ3n) is 7.89. The predicted octanol–water partition coefficient (Wildman–Crippen LogP) is 5.42. The fourth-order valence-electron chi connectivity index (χ4n) is 6.00. The lowest BCUT2D eigenvalue weighted by Gasteiger charge is -2.27. The van der Waals surface area contributed by atoms with E-state index in [2.05, 4.69) is 21.3 Å². The number of nitrogens with one attached hydrogen (secondary N) is 1. The number of allylic oxidation sites excluding steroid dienone is 2. The van der Waals surface area contributed by atoms with E-state index in [0.717, 1.165) is 29.2 Å². The first kappa shape index (κ1) is 29.0. The van der Waals surface area contributed by atoms with Gasteiger partial charge in [-0.1, -0.05) is 12.1 Å². The summed E-state index contributed by atoms with van der Waals surface area (Å²) in [5.41, 5.74) is 3.85. The van der Waals surface area contributed by atoms with Crippen LogP contribution in [0, 0.1) is 0 Å². The molecule has 1 N–H and O–H groups in total. The molecule has 4 aliphatic rings. The maximum absolute atomic E-state index is 13.9. The molecule has 11 heteroatoms. The van der Waals surface area contributed by atoms with Crippen molar-refractivity contribution >= 4 is 29.3 Å². The van der Waals surface area contributed by atoms with Crippen molar-refractivity contribution < 1.29 is 23.5 Å². The van der Waals surface area contributed by atoms with Crippen LogP contribution in [-0.4, -0.2) is 77.0 Å². The summed E-state index contributed by atoms with van der Waals surface area (Å²) in [5.74, 6) is 0.624. The molecule has 2 aromatic rings. The second-order valence-electron chi connectivity index (χ2n) is 12.6. The van der Waals surface area contributed by atoms with Crippen molar-refractivity contribution in [3.8, 4) is 0 Å². The summed E-state index contributed by atoms with van der Waals surface area (Å²) in [6, 6.07) is 7.56. The van der Waals surface area contributed by atoms with Gasteiger partial charge in [-0.2, -0.15) is 0 Å². The second kappa shape index (κ2) is 11.2. The summed E-state index contributed by atoms with van der Waals surface area (Å²) < 4.78 is 25.1. The Morgan fingerprint density at radius 1 is 1.21 bits per heavy atom. The van der Waals surface area contributed by atoms with Crippen LogP contribution in [0.2, 0.25) is 0 Å². The molecule has 1 saturated heterocycles. The van der Waals surface area contributed by atoms with E-state index in [4.69, 9.17) is 14.5 Å². The number of amidine groups is 1. The molecule has 1 unspecified atom stereocenters. The van der Waals surface area contributed by atoms with Crippen LogP contribution < -0.4 is 5.32 Å². The lowest BCUT2D eigenvalue weighted by molar-refractivity contribution is 0.0248. The zero-order chi connectivity index (χ0) is 30.5. The van der Waals surface area contributed by atoms with E-state index in [1.54, 1.807) is 27.0 Å². The van der Waals surface area contributed by atoms with Gasteiger partial charge >= 0.3 is 6.09 Å². The van der Waals surface area contributed by atoms with Crippen molar-refractivity contribution in [2.75, 3.05) is 39.2 Å². The Bertz CT molecular complexity index is 1550. The van der Waals surface area contributed by atoms with Crippen LogP contribution in [0.25, 0.3) is 0 Å². The van der Waals surface area contributed by atoms with Crippen molar-refractivity contribution in [3.05, 3.63) is 76.4 Å². The zero-order valence-electron chi connectivity index (χ0n) is 25.2. The van der Waals surface area contributed by atoms with Gasteiger partial charge in [-0.3, -0.25) is 9.79 Å². The van der Waals surface area contributed by atoms with Crippen LogP contribution in [0.4, 0.5) is 20.7 Å². The first-order chi connectivity index (χ1) is 20.5. The minimum absolute atomic E-state index is 0.0570. The number of anilines is 2. The molecule has 6 rings (SSSR count). The van der Waals surface area contributed by atoms with Gasteiger partial charge in [0.1, 0.15) is 23.1 Å². The van der Waals surface area contributed by atoms with Gasteiger partial charge in [0.15, 0.2) is 0 Å². The Kier molecular flexibility index (Phi) is 7.55. The Labute approximate surface area is 250 Å². The van der Waals surface area contributed by atoms with Gasteiger partial charge in [-0.15, -0.1) is 0 Å². The van der Waals surface area contributed by atoms with E-state index >= 15 is 0 Å². The monoisotopic (exact) mass is 588 g/mol. The van der Waals surface area contributed by atoms with Crippen LogP contribution >= 0.6 is 0 Å². The molecule has 4 aliphatic heterocycles. The first-order valence-corrected chi connectivity index (χ1v) is 14.6. The molecule has 0 aliphatic carbocycles. The normalized spacial score (nSPS) is 21.2. The molecule has 2 amide bonds. The number of pyridine rings is 1. The van der Waals surface area contributed by atoms with Crippen LogP contribution in [0.1, 0.15) is 71.9 Å². The molecule has 1 aromatic heterocycles. The number of carbonyl (C=O) groups excluding carboxylic acids is 2. The lowest BCUT2D eigenvalue weighted by Crippen LogP contribution is -2.37. The minimum Gasteiger partial charge on any atom is -0.443 e. The molecule has 0 saturated carbocycles. The number of imide groups is 1. The number of halogens is 1. The van der Waals surface area contributed by atoms with Gasteiger partial charge in [0.2, 0.25) is 0 Å². The molecule has 5 heterocycles. The largest absolute Gasteiger partial charge is 0.443 e. The fourth-order valence-corrected chi connectivity index (χ4v) is 6.00. The first-order valence-electron chi connectivity index (χ1n) is 14.6. The summed E-state index contributed by atoms with van der Waals surface area (Å²) >= 11 is 0. The molecular weight excluding hydrogens is 551 g/mol. The van der Waals surface area contributed by atoms with E-state index in [9.17, 15) is 14.0 Å². The molecule has 1 aromatic carbocycles. The Balaban J connectivity index is 1.37. The summed E-state index contributed by atoms with van der Waals surface area (Å²) in [6.07, 6.45) is 4.71. The van der Waals surface area contributed by atoms with Crippen LogP contribution in [0.3, 0.4) is 0 Å². The quantitative estimate of drug-likeness (QED) is 0.478. The molecule has 0 bridgehead atoms. The number of nitrogens with zero attached hydrogens (tertiary/aromatic N) is 5. The second-order valence-corrected chi connectivity index (χ2v) is 12.6. The van der Waals surface area contributed by atoms with Crippen molar-refractivity contribution in [3.63, 3.8) is 0 Å². The maximum atomic E-state index is 13.9. The van der Waals surface area contributed by atoms with Crippen LogP contribution in [-0.2, 0) is 22.6 Å². The van der Waals surface area contributed by atoms with E-state index in [-0.39, 0.29) is 18.4 Å². The highest BCUT2D eigenvalue weighted by Crippen LogP contribution is 2.40. The fraction of sp³-hybridized carbons (Fsp3) is 0.438. The van der Waals surface area contributed by atoms with E-state index < -0.39 is 17.6 Å². The van der Waals surface area contributed by atoms with E-state index in [1.165, 1.54) is 17.7 Å². The molecular formula is C32H37FN6O4. The van der Waals surface area contributed by atoms with Crippen LogP contribution in [0.5, 0.6) is 0 Å². The Morgan fingerprint density at radius 2 is 2.00 bits per heavy atom. The van der Waals surface area contributed by atoms with Crippen LogP contribution in [0.15, 0.2) is 53.4 Å². The van der Waals surface area contributed by atoms with Gasteiger partial charge < -0.3 is 24.6 Å². The molecule has 0 spiro atoms. The highest BCUT2D eigenvalue weighted by molar-refractivity contribution is 6.10. The van der Waals surface area contributed by atoms with Crippen molar-refractivity contribution in [2.24, 2.45) is 4.99 Å². The Morgan fingerprint density at radius 3 is 2.72 bits per heavy atom. The number of fused-ring (bicyclic) bond motifs is 2. The van der Waals surface area contributed by atoms with Gasteiger partial charge in [0, 0.05) is 31.3 Å². The molecule has 0 radical (unpaired) electrons. The average Bonchev–Trinajstić information content (AvgIpc) is 3.67. The maximum Gasteiger partial charge on any atom is 0.417 e. The topological polar surface area (TPSA) is 99.6 Å². The highest BCUT2D eigenvalue weighted by Gasteiger charge is 2.41. The smallest absolute Gasteiger partial charge is 0.417 e. The van der Waals surface area contributed by atoms with Gasteiger partial charge in [-0.25, -0.2) is 19.1 Å². The summed E-state index contributed by atoms with van der Waals surface area (Å²) in [4.78, 5) is 41.7. The number of aliphatic imine (C=N–C) groups is 1. The average molecular weight is 589 g/mol. The lowest BCUT2D eigenvalue weighted by atomic mass is 9.95. The number of hydrogen-bond donors (Lipinski definition) is 1. The molecule has 2 atom stereocenters. The number of hydrogen-bond acceptors (Lipinski definition) is 9. The summed E-state index contributed by atoms with van der Waals surface area (Å²) in [7, 11) is 4.01. The number of carbonyl (C=O) groups is 2. The van der Waals surface area contributed by atoms with Gasteiger partial charge in [0.25, 0.3) is 5.91 Å². The predicted molar refractivity (Wildman–Crippen MR) is 161 cm³/mol. The number of aromatic nitrogens is 1.